The van der Waals surface area contributed by atoms with E-state index in [9.17, 15) is 21.2 Å². The third-order valence-electron chi connectivity index (χ3n) is 3.46. The summed E-state index contributed by atoms with van der Waals surface area (Å²) in [7, 11) is -6.55. The van der Waals surface area contributed by atoms with Gasteiger partial charge in [0.15, 0.2) is 0 Å². The summed E-state index contributed by atoms with van der Waals surface area (Å²) in [5.41, 5.74) is 0.917. The van der Waals surface area contributed by atoms with Gasteiger partial charge in [-0.25, -0.2) is 30.7 Å². The third kappa shape index (κ3) is 5.01. The molecule has 0 aliphatic heterocycles. The molecule has 10 heteroatoms. The smallest absolute Gasteiger partial charge is 0.244 e. The molecule has 0 spiro atoms. The van der Waals surface area contributed by atoms with Crippen molar-refractivity contribution in [1.29, 1.82) is 0 Å². The van der Waals surface area contributed by atoms with E-state index in [1.165, 1.54) is 25.3 Å². The highest BCUT2D eigenvalue weighted by Crippen LogP contribution is 2.24. The minimum atomic E-state index is -4.06. The minimum absolute atomic E-state index is 0.0147. The van der Waals surface area contributed by atoms with Crippen LogP contribution in [0.3, 0.4) is 0 Å². The lowest BCUT2D eigenvalue weighted by atomic mass is 10.2. The molecule has 7 nitrogen and oxygen atoms in total. The number of hydrogen-bond donors (Lipinski definition) is 2. The molecule has 2 aromatic rings. The molecule has 0 unspecified atom stereocenters. The highest BCUT2D eigenvalue weighted by molar-refractivity contribution is 7.90. The molecule has 0 aromatic heterocycles. The first-order chi connectivity index (χ1) is 12.2. The Morgan fingerprint density at radius 1 is 0.923 bits per heavy atom. The van der Waals surface area contributed by atoms with Gasteiger partial charge < -0.3 is 4.74 Å². The Bertz CT molecular complexity index is 974. The number of hydrogen-bond acceptors (Lipinski definition) is 5. The Balaban J connectivity index is 2.01. The summed E-state index contributed by atoms with van der Waals surface area (Å²) < 4.78 is 71.5. The zero-order chi connectivity index (χ0) is 19.4. The van der Waals surface area contributed by atoms with Gasteiger partial charge in [0.25, 0.3) is 0 Å². The normalized spacial score (nSPS) is 12.1. The molecule has 0 saturated heterocycles. The van der Waals surface area contributed by atoms with E-state index in [0.29, 0.717) is 0 Å². The number of methoxy groups -OCH3 is 1. The first-order valence-electron chi connectivity index (χ1n) is 7.55. The highest BCUT2D eigenvalue weighted by Gasteiger charge is 2.20. The quantitative estimate of drug-likeness (QED) is 0.650. The third-order valence-corrected chi connectivity index (χ3v) is 6.41. The number of sulfonamides is 2. The molecule has 0 fully saturated rings. The van der Waals surface area contributed by atoms with Crippen LogP contribution in [-0.4, -0.2) is 37.0 Å². The van der Waals surface area contributed by atoms with Gasteiger partial charge >= 0.3 is 0 Å². The summed E-state index contributed by atoms with van der Waals surface area (Å²) in [4.78, 5) is -0.279. The summed E-state index contributed by atoms with van der Waals surface area (Å²) >= 11 is 0. The average Bonchev–Trinajstić information content (AvgIpc) is 2.59. The van der Waals surface area contributed by atoms with Crippen molar-refractivity contribution in [1.82, 2.24) is 9.44 Å². The first kappa shape index (κ1) is 20.3. The SMILES string of the molecule is COc1ccc(F)cc1S(=O)(=O)NCCNS(=O)(=O)c1ccc(C)cc1. The summed E-state index contributed by atoms with van der Waals surface area (Å²) in [6, 6.07) is 9.34. The van der Waals surface area contributed by atoms with E-state index in [-0.39, 0.29) is 28.6 Å². The molecule has 2 N–H and O–H groups in total. The van der Waals surface area contributed by atoms with Gasteiger partial charge in [0, 0.05) is 13.1 Å². The van der Waals surface area contributed by atoms with E-state index >= 15 is 0 Å². The van der Waals surface area contributed by atoms with E-state index in [0.717, 1.165) is 17.7 Å². The number of nitrogens with one attached hydrogen (secondary N) is 2. The monoisotopic (exact) mass is 402 g/mol. The molecule has 0 amide bonds. The van der Waals surface area contributed by atoms with E-state index in [2.05, 4.69) is 9.44 Å². The Morgan fingerprint density at radius 2 is 1.50 bits per heavy atom. The van der Waals surface area contributed by atoms with Crippen LogP contribution in [0.1, 0.15) is 5.56 Å². The summed E-state index contributed by atoms with van der Waals surface area (Å²) in [5.74, 6) is -0.745. The molecule has 0 radical (unpaired) electrons. The molecule has 0 aliphatic rings. The average molecular weight is 402 g/mol. The van der Waals surface area contributed by atoms with Crippen LogP contribution < -0.4 is 14.2 Å². The fourth-order valence-corrected chi connectivity index (χ4v) is 4.35. The maximum atomic E-state index is 13.3. The van der Waals surface area contributed by atoms with Crippen LogP contribution in [0.2, 0.25) is 0 Å². The number of aryl methyl sites for hydroxylation is 1. The number of ether oxygens (including phenoxy) is 1. The van der Waals surface area contributed by atoms with Crippen LogP contribution in [0, 0.1) is 12.7 Å². The largest absolute Gasteiger partial charge is 0.495 e. The van der Waals surface area contributed by atoms with E-state index < -0.39 is 25.9 Å². The molecule has 0 heterocycles. The van der Waals surface area contributed by atoms with Crippen molar-refractivity contribution < 1.29 is 26.0 Å². The second-order valence-corrected chi connectivity index (χ2v) is 8.91. The van der Waals surface area contributed by atoms with Crippen molar-refractivity contribution in [2.24, 2.45) is 0 Å². The van der Waals surface area contributed by atoms with Crippen molar-refractivity contribution in [3.8, 4) is 5.75 Å². The zero-order valence-corrected chi connectivity index (χ0v) is 15.8. The summed E-state index contributed by atoms with van der Waals surface area (Å²) in [6.45, 7) is 1.44. The second-order valence-electron chi connectivity index (χ2n) is 5.40. The molecule has 0 aliphatic carbocycles. The molecular formula is C16H19FN2O5S2. The fourth-order valence-electron chi connectivity index (χ4n) is 2.11. The fraction of sp³-hybridized carbons (Fsp3) is 0.250. The maximum absolute atomic E-state index is 13.3. The molecular weight excluding hydrogens is 383 g/mol. The lowest BCUT2D eigenvalue weighted by Gasteiger charge is -2.11. The molecule has 26 heavy (non-hydrogen) atoms. The summed E-state index contributed by atoms with van der Waals surface area (Å²) in [5, 5.41) is 0. The predicted octanol–water partition coefficient (Wildman–Crippen LogP) is 1.40. The van der Waals surface area contributed by atoms with Crippen molar-refractivity contribution in [3.05, 3.63) is 53.8 Å². The van der Waals surface area contributed by atoms with Crippen molar-refractivity contribution >= 4 is 20.0 Å². The van der Waals surface area contributed by atoms with Crippen LogP contribution in [0.5, 0.6) is 5.75 Å². The second kappa shape index (κ2) is 8.12. The van der Waals surface area contributed by atoms with Gasteiger partial charge in [0.05, 0.1) is 12.0 Å². The molecule has 0 atom stereocenters. The van der Waals surface area contributed by atoms with Gasteiger partial charge in [-0.05, 0) is 37.3 Å². The first-order valence-corrected chi connectivity index (χ1v) is 10.5. The van der Waals surface area contributed by atoms with Gasteiger partial charge in [-0.3, -0.25) is 0 Å². The number of benzene rings is 2. The van der Waals surface area contributed by atoms with E-state index in [4.69, 9.17) is 4.74 Å². The van der Waals surface area contributed by atoms with Crippen LogP contribution in [0.15, 0.2) is 52.3 Å². The number of rotatable bonds is 8. The lowest BCUT2D eigenvalue weighted by Crippen LogP contribution is -2.34. The Hall–Kier alpha value is -2.01. The van der Waals surface area contributed by atoms with E-state index in [1.807, 2.05) is 6.92 Å². The molecule has 2 rings (SSSR count). The molecule has 0 bridgehead atoms. The van der Waals surface area contributed by atoms with Crippen molar-refractivity contribution in [3.63, 3.8) is 0 Å². The van der Waals surface area contributed by atoms with E-state index in [1.54, 1.807) is 12.1 Å². The Labute approximate surface area is 152 Å². The molecule has 142 valence electrons. The van der Waals surface area contributed by atoms with Gasteiger partial charge in [-0.2, -0.15) is 0 Å². The van der Waals surface area contributed by atoms with Crippen molar-refractivity contribution in [2.45, 2.75) is 16.7 Å². The van der Waals surface area contributed by atoms with Gasteiger partial charge in [0.2, 0.25) is 20.0 Å². The van der Waals surface area contributed by atoms with Crippen molar-refractivity contribution in [2.75, 3.05) is 20.2 Å². The van der Waals surface area contributed by atoms with Crippen LogP contribution in [0.25, 0.3) is 0 Å². The lowest BCUT2D eigenvalue weighted by molar-refractivity contribution is 0.400. The van der Waals surface area contributed by atoms with Crippen LogP contribution in [0.4, 0.5) is 4.39 Å². The standard InChI is InChI=1S/C16H19FN2O5S2/c1-12-3-6-14(7-4-12)25(20,21)18-9-10-19-26(22,23)16-11-13(17)5-8-15(16)24-2/h3-8,11,18-19H,9-10H2,1-2H3. The van der Waals surface area contributed by atoms with Gasteiger partial charge in [-0.15, -0.1) is 0 Å². The van der Waals surface area contributed by atoms with Crippen LogP contribution >= 0.6 is 0 Å². The minimum Gasteiger partial charge on any atom is -0.495 e. The van der Waals surface area contributed by atoms with Crippen LogP contribution in [-0.2, 0) is 20.0 Å². The summed E-state index contributed by atoms with van der Waals surface area (Å²) in [6.07, 6.45) is 0. The Morgan fingerprint density at radius 3 is 2.08 bits per heavy atom. The molecule has 2 aromatic carbocycles. The zero-order valence-electron chi connectivity index (χ0n) is 14.2. The predicted molar refractivity (Wildman–Crippen MR) is 94.5 cm³/mol. The maximum Gasteiger partial charge on any atom is 0.244 e. The Kier molecular flexibility index (Phi) is 6.34. The highest BCUT2D eigenvalue weighted by atomic mass is 32.2. The topological polar surface area (TPSA) is 102 Å². The molecule has 0 saturated carbocycles. The van der Waals surface area contributed by atoms with Gasteiger partial charge in [-0.1, -0.05) is 17.7 Å². The van der Waals surface area contributed by atoms with Gasteiger partial charge in [0.1, 0.15) is 16.5 Å². The number of halogens is 1.